The number of nitrogens with one attached hydrogen (secondary N) is 1. The molecule has 0 fully saturated rings. The second-order valence-corrected chi connectivity index (χ2v) is 6.86. The number of rotatable bonds is 5. The van der Waals surface area contributed by atoms with Crippen LogP contribution in [0.25, 0.3) is 0 Å². The fourth-order valence-electron chi connectivity index (χ4n) is 1.80. The third-order valence-corrected chi connectivity index (χ3v) is 3.45. The van der Waals surface area contributed by atoms with Gasteiger partial charge < -0.3 is 4.90 Å². The molecular weight excluding hydrogens is 429 g/mol. The van der Waals surface area contributed by atoms with Gasteiger partial charge in [0.25, 0.3) is 0 Å². The summed E-state index contributed by atoms with van der Waals surface area (Å²) in [5.41, 5.74) is 5.65. The molecule has 0 atom stereocenters. The quantitative estimate of drug-likeness (QED) is 0.329. The van der Waals surface area contributed by atoms with Gasteiger partial charge in [0, 0.05) is 37.6 Å². The summed E-state index contributed by atoms with van der Waals surface area (Å²) in [7, 11) is 11.3. The molecule has 139 valence electrons. The van der Waals surface area contributed by atoms with Crippen molar-refractivity contribution < 1.29 is 13.1 Å². The molecule has 0 spiro atoms. The van der Waals surface area contributed by atoms with Crippen molar-refractivity contribution in [3.8, 4) is 0 Å². The van der Waals surface area contributed by atoms with Crippen molar-refractivity contribution in [1.29, 1.82) is 0 Å². The third-order valence-electron chi connectivity index (χ3n) is 3.04. The molecule has 2 aromatic rings. The number of aromatic nitrogens is 2. The first kappa shape index (κ1) is 21.8. The molecule has 9 heteroatoms. The molecule has 2 aromatic heterocycles. The van der Waals surface area contributed by atoms with E-state index in [2.05, 4.69) is 40.7 Å². The van der Waals surface area contributed by atoms with Gasteiger partial charge in [-0.15, -0.1) is 0 Å². The van der Waals surface area contributed by atoms with Gasteiger partial charge in [0.1, 0.15) is 0 Å². The maximum absolute atomic E-state index is 5.29. The van der Waals surface area contributed by atoms with E-state index in [0.29, 0.717) is 5.11 Å². The van der Waals surface area contributed by atoms with Gasteiger partial charge in [-0.1, -0.05) is 12.1 Å². The number of hydrogen-bond donors (Lipinski definition) is 1. The van der Waals surface area contributed by atoms with E-state index in [0.717, 1.165) is 43.2 Å². The van der Waals surface area contributed by atoms with Crippen LogP contribution in [0.5, 0.6) is 0 Å². The molecule has 25 heavy (non-hydrogen) atoms. The Hall–Kier alpha value is -1.24. The van der Waals surface area contributed by atoms with E-state index in [4.69, 9.17) is 12.2 Å². The number of thiocarbonyl (C=S) groups is 1. The van der Waals surface area contributed by atoms with E-state index in [-0.39, 0.29) is 0 Å². The Morgan fingerprint density at radius 2 is 2.08 bits per heavy atom. The summed E-state index contributed by atoms with van der Waals surface area (Å²) in [6.45, 7) is 2.72. The zero-order valence-electron chi connectivity index (χ0n) is 13.8. The topological polar surface area (TPSA) is 53.4 Å². The molecule has 0 aliphatic rings. The molecule has 0 unspecified atom stereocenters. The van der Waals surface area contributed by atoms with Crippen molar-refractivity contribution >= 4 is 43.7 Å². The van der Waals surface area contributed by atoms with Crippen molar-refractivity contribution in [2.45, 2.75) is 13.3 Å². The molecule has 5 nitrogen and oxygen atoms in total. The molecule has 0 radical (unpaired) electrons. The molecule has 0 aliphatic heterocycles. The summed E-state index contributed by atoms with van der Waals surface area (Å²) in [5.74, 6) is 0. The Kier molecular flexibility index (Phi) is 11.4. The molecule has 0 saturated carbocycles. The fourth-order valence-corrected chi connectivity index (χ4v) is 1.95. The van der Waals surface area contributed by atoms with Crippen LogP contribution < -0.4 is 5.43 Å². The Balaban J connectivity index is 0.000000970. The van der Waals surface area contributed by atoms with Crippen LogP contribution in [0.1, 0.15) is 17.1 Å². The average molecular weight is 448 g/mol. The Bertz CT molecular complexity index is 673. The number of hydrogen-bond acceptors (Lipinski definition) is 4. The summed E-state index contributed by atoms with van der Waals surface area (Å²) in [5, 5.41) is 4.69. The molecule has 1 N–H and O–H groups in total. The number of nitrogens with zero attached hydrogens (tertiary/aromatic N) is 4. The third kappa shape index (κ3) is 9.72. The Labute approximate surface area is 168 Å². The zero-order chi connectivity index (χ0) is 18.5. The molecule has 2 heterocycles. The minimum absolute atomic E-state index is 0.569. The first-order chi connectivity index (χ1) is 12.1. The SMILES string of the molecule is Cc1cccc(C=NNC(=S)N(C)CCc2ccccn2)n1.[Cl][Cu][Cl]. The summed E-state index contributed by atoms with van der Waals surface area (Å²) in [6, 6.07) is 11.7. The van der Waals surface area contributed by atoms with Gasteiger partial charge in [-0.05, 0) is 43.4 Å². The van der Waals surface area contributed by atoms with Gasteiger partial charge in [0.05, 0.1) is 11.9 Å². The van der Waals surface area contributed by atoms with E-state index < -0.39 is 0 Å². The van der Waals surface area contributed by atoms with Gasteiger partial charge in [-0.2, -0.15) is 5.10 Å². The number of pyridine rings is 2. The van der Waals surface area contributed by atoms with Crippen LogP contribution in [-0.2, 0) is 19.6 Å². The normalized spacial score (nSPS) is 10.2. The fraction of sp³-hybridized carbons (Fsp3) is 0.250. The number of aryl methyl sites for hydroxylation is 1. The first-order valence-corrected chi connectivity index (χ1v) is 10.3. The van der Waals surface area contributed by atoms with Crippen molar-refractivity contribution in [2.75, 3.05) is 13.6 Å². The Morgan fingerprint density at radius 3 is 2.72 bits per heavy atom. The monoisotopic (exact) mass is 446 g/mol. The second kappa shape index (κ2) is 13.0. The number of likely N-dealkylation sites (N-methyl/N-ethyl adjacent to an activating group) is 1. The predicted octanol–water partition coefficient (Wildman–Crippen LogP) is 3.54. The molecule has 0 bridgehead atoms. The van der Waals surface area contributed by atoms with Crippen LogP contribution in [0, 0.1) is 6.92 Å². The summed E-state index contributed by atoms with van der Waals surface area (Å²) in [4.78, 5) is 10.6. The molecular formula is C16H19Cl2CuN5S. The second-order valence-electron chi connectivity index (χ2n) is 4.91. The maximum atomic E-state index is 5.29. The van der Waals surface area contributed by atoms with E-state index in [1.165, 1.54) is 0 Å². The molecule has 0 amide bonds. The van der Waals surface area contributed by atoms with Crippen molar-refractivity contribution in [2.24, 2.45) is 5.10 Å². The standard InChI is InChI=1S/C16H19N5S.2ClH.Cu/c1-13-6-5-8-15(19-13)12-18-20-16(22)21(2)11-9-14-7-3-4-10-17-14;;;/h3-8,10,12H,9,11H2,1-2H3,(H,20,22);2*1H;/q;;;+2/p-2. The van der Waals surface area contributed by atoms with Crippen molar-refractivity contribution in [1.82, 2.24) is 20.3 Å². The van der Waals surface area contributed by atoms with Gasteiger partial charge >= 0.3 is 33.3 Å². The van der Waals surface area contributed by atoms with Crippen LogP contribution in [0.3, 0.4) is 0 Å². The summed E-state index contributed by atoms with van der Waals surface area (Å²) < 4.78 is 0. The molecule has 0 saturated heterocycles. The average Bonchev–Trinajstić information content (AvgIpc) is 2.61. The van der Waals surface area contributed by atoms with Crippen LogP contribution in [-0.4, -0.2) is 39.8 Å². The van der Waals surface area contributed by atoms with Crippen LogP contribution in [0.15, 0.2) is 47.7 Å². The minimum atomic E-state index is 0.569. The van der Waals surface area contributed by atoms with Crippen LogP contribution in [0.4, 0.5) is 0 Å². The van der Waals surface area contributed by atoms with Crippen molar-refractivity contribution in [3.63, 3.8) is 0 Å². The summed E-state index contributed by atoms with van der Waals surface area (Å²) >= 11 is 6.05. The molecule has 2 rings (SSSR count). The van der Waals surface area contributed by atoms with Gasteiger partial charge in [-0.25, -0.2) is 0 Å². The van der Waals surface area contributed by atoms with E-state index in [1.54, 1.807) is 12.4 Å². The van der Waals surface area contributed by atoms with Crippen LogP contribution in [0.2, 0.25) is 0 Å². The van der Waals surface area contributed by atoms with Gasteiger partial charge in [0.2, 0.25) is 0 Å². The van der Waals surface area contributed by atoms with Gasteiger partial charge in [-0.3, -0.25) is 15.4 Å². The Morgan fingerprint density at radius 1 is 1.32 bits per heavy atom. The zero-order valence-corrected chi connectivity index (χ0v) is 17.1. The van der Waals surface area contributed by atoms with Crippen LogP contribution >= 0.6 is 32.4 Å². The summed E-state index contributed by atoms with van der Waals surface area (Å²) in [6.07, 6.45) is 4.29. The number of halogens is 2. The van der Waals surface area contributed by atoms with Crippen molar-refractivity contribution in [3.05, 3.63) is 59.7 Å². The predicted molar refractivity (Wildman–Crippen MR) is 105 cm³/mol. The van der Waals surface area contributed by atoms with E-state index >= 15 is 0 Å². The van der Waals surface area contributed by atoms with E-state index in [9.17, 15) is 0 Å². The van der Waals surface area contributed by atoms with E-state index in [1.807, 2.05) is 55.3 Å². The van der Waals surface area contributed by atoms with Gasteiger partial charge in [0.15, 0.2) is 5.11 Å². The molecule has 0 aliphatic carbocycles. The molecule has 0 aromatic carbocycles. The number of hydrazone groups is 1. The first-order valence-electron chi connectivity index (χ1n) is 7.25.